The molecule has 1 aliphatic heterocycles. The number of nitrogens with one attached hydrogen (secondary N) is 1. The van der Waals surface area contributed by atoms with Crippen molar-refractivity contribution in [1.82, 2.24) is 4.90 Å². The highest BCUT2D eigenvalue weighted by Crippen LogP contribution is 2.39. The zero-order valence-electron chi connectivity index (χ0n) is 17.3. The Bertz CT molecular complexity index is 885. The van der Waals surface area contributed by atoms with E-state index < -0.39 is 4.92 Å². The third-order valence-corrected chi connectivity index (χ3v) is 5.35. The number of hydrogen-bond donors (Lipinski definition) is 1. The summed E-state index contributed by atoms with van der Waals surface area (Å²) in [6.07, 6.45) is 3.00. The van der Waals surface area contributed by atoms with Gasteiger partial charge in [-0.25, -0.2) is 0 Å². The van der Waals surface area contributed by atoms with Crippen LogP contribution >= 0.6 is 0 Å². The Morgan fingerprint density at radius 3 is 2.63 bits per heavy atom. The molecule has 8 nitrogen and oxygen atoms in total. The molecule has 1 amide bonds. The van der Waals surface area contributed by atoms with E-state index in [-0.39, 0.29) is 17.6 Å². The molecule has 1 unspecified atom stereocenters. The zero-order valence-corrected chi connectivity index (χ0v) is 17.3. The van der Waals surface area contributed by atoms with Gasteiger partial charge < -0.3 is 19.7 Å². The van der Waals surface area contributed by atoms with Crippen molar-refractivity contribution in [1.29, 1.82) is 0 Å². The number of non-ortho nitro benzene ring substituents is 1. The van der Waals surface area contributed by atoms with Gasteiger partial charge in [-0.1, -0.05) is 0 Å². The summed E-state index contributed by atoms with van der Waals surface area (Å²) in [7, 11) is 3.24. The average Bonchev–Trinajstić information content (AvgIpc) is 3.26. The Morgan fingerprint density at radius 1 is 1.20 bits per heavy atom. The first-order chi connectivity index (χ1) is 14.5. The number of nitrogens with zero attached hydrogens (tertiary/aromatic N) is 2. The maximum Gasteiger partial charge on any atom is 0.269 e. The number of carbonyl (C=O) groups is 1. The van der Waals surface area contributed by atoms with Crippen LogP contribution in [0.4, 0.5) is 11.4 Å². The van der Waals surface area contributed by atoms with Gasteiger partial charge in [0.1, 0.15) is 11.5 Å². The number of likely N-dealkylation sites (tertiary alicyclic amines) is 1. The fourth-order valence-electron chi connectivity index (χ4n) is 3.80. The largest absolute Gasteiger partial charge is 0.497 e. The van der Waals surface area contributed by atoms with E-state index >= 15 is 0 Å². The maximum atomic E-state index is 12.8. The fourth-order valence-corrected chi connectivity index (χ4v) is 3.80. The molecule has 0 saturated carbocycles. The molecule has 1 fully saturated rings. The molecule has 3 rings (SSSR count). The van der Waals surface area contributed by atoms with E-state index in [4.69, 9.17) is 9.47 Å². The van der Waals surface area contributed by atoms with Crippen LogP contribution in [0.1, 0.15) is 37.3 Å². The van der Waals surface area contributed by atoms with Gasteiger partial charge in [-0.15, -0.1) is 0 Å². The summed E-state index contributed by atoms with van der Waals surface area (Å²) in [6.45, 7) is 1.36. The first-order valence-electron chi connectivity index (χ1n) is 10.0. The topological polar surface area (TPSA) is 93.9 Å². The van der Waals surface area contributed by atoms with Crippen LogP contribution in [0.15, 0.2) is 42.5 Å². The smallest absolute Gasteiger partial charge is 0.269 e. The number of nitro groups is 1. The van der Waals surface area contributed by atoms with Crippen LogP contribution in [0.2, 0.25) is 0 Å². The molecule has 2 aromatic rings. The molecule has 0 spiro atoms. The van der Waals surface area contributed by atoms with Gasteiger partial charge in [-0.05, 0) is 43.5 Å². The van der Waals surface area contributed by atoms with Crippen LogP contribution < -0.4 is 14.8 Å². The van der Waals surface area contributed by atoms with Crippen molar-refractivity contribution in [2.45, 2.75) is 31.7 Å². The predicted octanol–water partition coefficient (Wildman–Crippen LogP) is 4.17. The molecule has 1 saturated heterocycles. The SMILES string of the molecule is COc1ccc(C2CCCN2C(=O)CCCNc2ccc([N+](=O)[O-])cc2)c(OC)c1. The van der Waals surface area contributed by atoms with E-state index in [1.165, 1.54) is 12.1 Å². The van der Waals surface area contributed by atoms with E-state index in [0.717, 1.165) is 42.1 Å². The number of carbonyl (C=O) groups excluding carboxylic acids is 1. The number of hydrogen-bond acceptors (Lipinski definition) is 6. The highest BCUT2D eigenvalue weighted by atomic mass is 16.6. The minimum Gasteiger partial charge on any atom is -0.497 e. The summed E-state index contributed by atoms with van der Waals surface area (Å²) < 4.78 is 10.8. The van der Waals surface area contributed by atoms with Gasteiger partial charge in [0.25, 0.3) is 5.69 Å². The van der Waals surface area contributed by atoms with Crippen molar-refractivity contribution in [3.63, 3.8) is 0 Å². The Hall–Kier alpha value is -3.29. The molecule has 0 bridgehead atoms. The minimum atomic E-state index is -0.424. The van der Waals surface area contributed by atoms with Crippen LogP contribution in [0, 0.1) is 10.1 Å². The van der Waals surface area contributed by atoms with Crippen LogP contribution in [0.5, 0.6) is 11.5 Å². The standard InChI is InChI=1S/C22H27N3O5/c1-29-18-11-12-19(21(15-18)30-2)20-5-4-14-24(20)22(26)6-3-13-23-16-7-9-17(10-8-16)25(27)28/h7-12,15,20,23H,3-6,13-14H2,1-2H3. The second kappa shape index (κ2) is 9.96. The van der Waals surface area contributed by atoms with Gasteiger partial charge in [-0.2, -0.15) is 0 Å². The first kappa shape index (κ1) is 21.4. The molecule has 0 aliphatic carbocycles. The van der Waals surface area contributed by atoms with Crippen molar-refractivity contribution in [3.8, 4) is 11.5 Å². The third-order valence-electron chi connectivity index (χ3n) is 5.35. The summed E-state index contributed by atoms with van der Waals surface area (Å²) in [5.74, 6) is 1.59. The van der Waals surface area contributed by atoms with E-state index in [2.05, 4.69) is 5.32 Å². The molecule has 1 N–H and O–H groups in total. The van der Waals surface area contributed by atoms with Gasteiger partial charge in [0, 0.05) is 49.0 Å². The number of nitro benzene ring substituents is 1. The van der Waals surface area contributed by atoms with Gasteiger partial charge in [0.15, 0.2) is 0 Å². The molecule has 0 aromatic heterocycles. The molecule has 1 aliphatic rings. The maximum absolute atomic E-state index is 12.8. The lowest BCUT2D eigenvalue weighted by Gasteiger charge is -2.26. The first-order valence-corrected chi connectivity index (χ1v) is 10.0. The van der Waals surface area contributed by atoms with Gasteiger partial charge in [-0.3, -0.25) is 14.9 Å². The van der Waals surface area contributed by atoms with Gasteiger partial charge >= 0.3 is 0 Å². The normalized spacial score (nSPS) is 15.7. The second-order valence-corrected chi connectivity index (χ2v) is 7.19. The predicted molar refractivity (Wildman–Crippen MR) is 114 cm³/mol. The van der Waals surface area contributed by atoms with Crippen molar-refractivity contribution < 1.29 is 19.2 Å². The summed E-state index contributed by atoms with van der Waals surface area (Å²) in [6, 6.07) is 12.0. The second-order valence-electron chi connectivity index (χ2n) is 7.19. The zero-order chi connectivity index (χ0) is 21.5. The minimum absolute atomic E-state index is 0.0148. The number of anilines is 1. The number of methoxy groups -OCH3 is 2. The number of benzene rings is 2. The van der Waals surface area contributed by atoms with Crippen molar-refractivity contribution >= 4 is 17.3 Å². The summed E-state index contributed by atoms with van der Waals surface area (Å²) in [5.41, 5.74) is 1.87. The number of amides is 1. The molecule has 2 aromatic carbocycles. The summed E-state index contributed by atoms with van der Waals surface area (Å²) in [4.78, 5) is 25.1. The Balaban J connectivity index is 1.54. The molecular weight excluding hydrogens is 386 g/mol. The van der Waals surface area contributed by atoms with Gasteiger partial charge in [0.05, 0.1) is 25.2 Å². The van der Waals surface area contributed by atoms with Crippen LogP contribution in [0.3, 0.4) is 0 Å². The lowest BCUT2D eigenvalue weighted by molar-refractivity contribution is -0.384. The molecule has 1 heterocycles. The molecule has 0 radical (unpaired) electrons. The van der Waals surface area contributed by atoms with Crippen molar-refractivity contribution in [3.05, 3.63) is 58.1 Å². The highest BCUT2D eigenvalue weighted by Gasteiger charge is 2.31. The lowest BCUT2D eigenvalue weighted by atomic mass is 10.0. The average molecular weight is 413 g/mol. The molecule has 160 valence electrons. The van der Waals surface area contributed by atoms with Crippen LogP contribution in [-0.2, 0) is 4.79 Å². The Kier molecular flexibility index (Phi) is 7.11. The molecule has 8 heteroatoms. The quantitative estimate of drug-likeness (QED) is 0.377. The summed E-state index contributed by atoms with van der Waals surface area (Å²) in [5, 5.41) is 13.9. The van der Waals surface area contributed by atoms with E-state index in [9.17, 15) is 14.9 Å². The van der Waals surface area contributed by atoms with E-state index in [1.807, 2.05) is 23.1 Å². The van der Waals surface area contributed by atoms with Crippen LogP contribution in [-0.4, -0.2) is 43.0 Å². The van der Waals surface area contributed by atoms with Crippen LogP contribution in [0.25, 0.3) is 0 Å². The Labute approximate surface area is 175 Å². The number of ether oxygens (including phenoxy) is 2. The van der Waals surface area contributed by atoms with Crippen molar-refractivity contribution in [2.24, 2.45) is 0 Å². The molecule has 30 heavy (non-hydrogen) atoms. The summed E-state index contributed by atoms with van der Waals surface area (Å²) >= 11 is 0. The van der Waals surface area contributed by atoms with E-state index in [1.54, 1.807) is 26.4 Å². The highest BCUT2D eigenvalue weighted by molar-refractivity contribution is 5.77. The van der Waals surface area contributed by atoms with Gasteiger partial charge in [0.2, 0.25) is 5.91 Å². The third kappa shape index (κ3) is 5.00. The van der Waals surface area contributed by atoms with Crippen molar-refractivity contribution in [2.75, 3.05) is 32.6 Å². The monoisotopic (exact) mass is 413 g/mol. The Morgan fingerprint density at radius 2 is 1.97 bits per heavy atom. The lowest BCUT2D eigenvalue weighted by Crippen LogP contribution is -2.30. The molecular formula is C22H27N3O5. The number of rotatable bonds is 9. The molecule has 1 atom stereocenters. The fraction of sp³-hybridized carbons (Fsp3) is 0.409. The van der Waals surface area contributed by atoms with E-state index in [0.29, 0.717) is 19.4 Å².